The van der Waals surface area contributed by atoms with Crippen molar-refractivity contribution in [1.82, 2.24) is 15.0 Å². The van der Waals surface area contributed by atoms with Gasteiger partial charge in [0.1, 0.15) is 6.04 Å². The molecular weight excluding hydrogens is 260 g/mol. The normalized spacial score (nSPS) is 12.7. The summed E-state index contributed by atoms with van der Waals surface area (Å²) in [6.45, 7) is 10.1. The number of nitrogens with zero attached hydrogens (tertiary/aromatic N) is 3. The van der Waals surface area contributed by atoms with Crippen molar-refractivity contribution in [3.8, 4) is 0 Å². The van der Waals surface area contributed by atoms with Crippen molar-refractivity contribution < 1.29 is 9.90 Å². The van der Waals surface area contributed by atoms with Gasteiger partial charge in [-0.1, -0.05) is 0 Å². The molecule has 0 aromatic carbocycles. The van der Waals surface area contributed by atoms with E-state index in [1.807, 2.05) is 27.7 Å². The third-order valence-electron chi connectivity index (χ3n) is 2.17. The highest BCUT2D eigenvalue weighted by Crippen LogP contribution is 2.14. The van der Waals surface area contributed by atoms with Crippen molar-refractivity contribution in [1.29, 1.82) is 0 Å². The Morgan fingerprint density at radius 1 is 1.20 bits per heavy atom. The molecule has 1 atom stereocenters. The van der Waals surface area contributed by atoms with Gasteiger partial charge >= 0.3 is 5.97 Å². The standard InChI is InChI=1S/C12H22N6O2/c1-6-13-9-15-10(14-7(2)8(19)20)17-11(16-9)18-12(3,4)5/h7H,6H2,1-5H3,(H,19,20)(H3,13,14,15,16,17,18)/t7-/m1/s1. The Bertz CT molecular complexity index is 472. The van der Waals surface area contributed by atoms with Gasteiger partial charge in [-0.25, -0.2) is 0 Å². The van der Waals surface area contributed by atoms with Crippen LogP contribution in [0.2, 0.25) is 0 Å². The van der Waals surface area contributed by atoms with Crippen molar-refractivity contribution in [2.75, 3.05) is 22.5 Å². The van der Waals surface area contributed by atoms with Crippen LogP contribution >= 0.6 is 0 Å². The zero-order valence-corrected chi connectivity index (χ0v) is 12.5. The molecule has 0 amide bonds. The van der Waals surface area contributed by atoms with E-state index in [-0.39, 0.29) is 11.5 Å². The average molecular weight is 282 g/mol. The second kappa shape index (κ2) is 6.36. The summed E-state index contributed by atoms with van der Waals surface area (Å²) >= 11 is 0. The summed E-state index contributed by atoms with van der Waals surface area (Å²) in [4.78, 5) is 23.4. The molecule has 4 N–H and O–H groups in total. The van der Waals surface area contributed by atoms with E-state index in [0.29, 0.717) is 18.4 Å². The van der Waals surface area contributed by atoms with Gasteiger partial charge in [0.2, 0.25) is 17.8 Å². The number of aromatic nitrogens is 3. The number of anilines is 3. The van der Waals surface area contributed by atoms with Crippen molar-refractivity contribution in [2.24, 2.45) is 0 Å². The predicted octanol–water partition coefficient (Wildman–Crippen LogP) is 1.40. The summed E-state index contributed by atoms with van der Waals surface area (Å²) in [6, 6.07) is -0.783. The fraction of sp³-hybridized carbons (Fsp3) is 0.667. The Kier molecular flexibility index (Phi) is 5.06. The number of nitrogens with one attached hydrogen (secondary N) is 3. The highest BCUT2D eigenvalue weighted by atomic mass is 16.4. The average Bonchev–Trinajstić information content (AvgIpc) is 2.26. The van der Waals surface area contributed by atoms with E-state index in [9.17, 15) is 4.79 Å². The zero-order chi connectivity index (χ0) is 15.3. The largest absolute Gasteiger partial charge is 0.480 e. The van der Waals surface area contributed by atoms with Crippen molar-refractivity contribution >= 4 is 23.8 Å². The van der Waals surface area contributed by atoms with Crippen LogP contribution in [-0.2, 0) is 4.79 Å². The summed E-state index contributed by atoms with van der Waals surface area (Å²) in [5, 5.41) is 17.8. The monoisotopic (exact) mass is 282 g/mol. The van der Waals surface area contributed by atoms with Crippen LogP contribution in [0.3, 0.4) is 0 Å². The molecule has 1 aromatic heterocycles. The lowest BCUT2D eigenvalue weighted by Crippen LogP contribution is -2.29. The fourth-order valence-electron chi connectivity index (χ4n) is 1.32. The van der Waals surface area contributed by atoms with E-state index in [4.69, 9.17) is 5.11 Å². The van der Waals surface area contributed by atoms with Gasteiger partial charge in [-0.3, -0.25) is 4.79 Å². The number of hydrogen-bond donors (Lipinski definition) is 4. The van der Waals surface area contributed by atoms with Gasteiger partial charge in [-0.15, -0.1) is 0 Å². The maximum Gasteiger partial charge on any atom is 0.325 e. The molecule has 112 valence electrons. The lowest BCUT2D eigenvalue weighted by atomic mass is 10.1. The number of carboxylic acid groups (broad SMARTS) is 1. The molecule has 20 heavy (non-hydrogen) atoms. The van der Waals surface area contributed by atoms with Crippen LogP contribution in [0.25, 0.3) is 0 Å². The number of carbonyl (C=O) groups is 1. The van der Waals surface area contributed by atoms with Crippen LogP contribution < -0.4 is 16.0 Å². The van der Waals surface area contributed by atoms with E-state index in [2.05, 4.69) is 30.9 Å². The molecule has 1 aromatic rings. The topological polar surface area (TPSA) is 112 Å². The Hall–Kier alpha value is -2.12. The maximum absolute atomic E-state index is 10.9. The second-order valence-electron chi connectivity index (χ2n) is 5.42. The van der Waals surface area contributed by atoms with Gasteiger partial charge in [0, 0.05) is 12.1 Å². The molecule has 0 aliphatic rings. The maximum atomic E-state index is 10.9. The van der Waals surface area contributed by atoms with Crippen LogP contribution in [0.1, 0.15) is 34.6 Å². The molecule has 0 aliphatic carbocycles. The molecule has 0 saturated carbocycles. The molecule has 1 rings (SSSR count). The third kappa shape index (κ3) is 5.25. The van der Waals surface area contributed by atoms with Gasteiger partial charge < -0.3 is 21.1 Å². The second-order valence-corrected chi connectivity index (χ2v) is 5.42. The number of rotatable bonds is 6. The molecule has 0 saturated heterocycles. The molecular formula is C12H22N6O2. The van der Waals surface area contributed by atoms with Crippen LogP contribution in [-0.4, -0.2) is 44.2 Å². The minimum Gasteiger partial charge on any atom is -0.480 e. The van der Waals surface area contributed by atoms with Crippen LogP contribution in [0.4, 0.5) is 17.8 Å². The molecule has 0 bridgehead atoms. The zero-order valence-electron chi connectivity index (χ0n) is 12.5. The van der Waals surface area contributed by atoms with E-state index in [1.165, 1.54) is 6.92 Å². The Labute approximate surface area is 118 Å². The summed E-state index contributed by atoms with van der Waals surface area (Å²) in [5.41, 5.74) is -0.208. The van der Waals surface area contributed by atoms with Gasteiger partial charge in [0.15, 0.2) is 0 Å². The SMILES string of the molecule is CCNc1nc(N[C@H](C)C(=O)O)nc(NC(C)(C)C)n1. The molecule has 8 heteroatoms. The molecule has 0 fully saturated rings. The van der Waals surface area contributed by atoms with E-state index < -0.39 is 12.0 Å². The highest BCUT2D eigenvalue weighted by molar-refractivity contribution is 5.76. The van der Waals surface area contributed by atoms with Crippen LogP contribution in [0.5, 0.6) is 0 Å². The van der Waals surface area contributed by atoms with Gasteiger partial charge in [-0.05, 0) is 34.6 Å². The lowest BCUT2D eigenvalue weighted by molar-refractivity contribution is -0.137. The van der Waals surface area contributed by atoms with Crippen molar-refractivity contribution in [3.05, 3.63) is 0 Å². The Balaban J connectivity index is 3.01. The first-order valence-electron chi connectivity index (χ1n) is 6.48. The minimum atomic E-state index is -0.972. The summed E-state index contributed by atoms with van der Waals surface area (Å²) in [5.74, 6) is 0.0382. The number of aliphatic carboxylic acids is 1. The fourth-order valence-corrected chi connectivity index (χ4v) is 1.32. The first-order valence-corrected chi connectivity index (χ1v) is 6.48. The molecule has 1 heterocycles. The number of carboxylic acids is 1. The van der Waals surface area contributed by atoms with E-state index in [0.717, 1.165) is 0 Å². The summed E-state index contributed by atoms with van der Waals surface area (Å²) < 4.78 is 0. The molecule has 0 spiro atoms. The van der Waals surface area contributed by atoms with Crippen molar-refractivity contribution in [3.63, 3.8) is 0 Å². The predicted molar refractivity (Wildman–Crippen MR) is 78.1 cm³/mol. The smallest absolute Gasteiger partial charge is 0.325 e. The molecule has 8 nitrogen and oxygen atoms in total. The Morgan fingerprint density at radius 3 is 2.25 bits per heavy atom. The molecule has 0 aliphatic heterocycles. The first-order chi connectivity index (χ1) is 9.21. The van der Waals surface area contributed by atoms with E-state index >= 15 is 0 Å². The van der Waals surface area contributed by atoms with Crippen LogP contribution in [0.15, 0.2) is 0 Å². The third-order valence-corrected chi connectivity index (χ3v) is 2.17. The summed E-state index contributed by atoms with van der Waals surface area (Å²) in [7, 11) is 0. The number of hydrogen-bond acceptors (Lipinski definition) is 7. The van der Waals surface area contributed by atoms with Gasteiger partial charge in [0.25, 0.3) is 0 Å². The highest BCUT2D eigenvalue weighted by Gasteiger charge is 2.16. The van der Waals surface area contributed by atoms with Gasteiger partial charge in [0.05, 0.1) is 0 Å². The van der Waals surface area contributed by atoms with Crippen molar-refractivity contribution in [2.45, 2.75) is 46.2 Å². The minimum absolute atomic E-state index is 0.208. The first kappa shape index (κ1) is 15.9. The molecule has 0 radical (unpaired) electrons. The van der Waals surface area contributed by atoms with E-state index in [1.54, 1.807) is 0 Å². The van der Waals surface area contributed by atoms with Crippen LogP contribution in [0, 0.1) is 0 Å². The lowest BCUT2D eigenvalue weighted by Gasteiger charge is -2.21. The Morgan fingerprint density at radius 2 is 1.75 bits per heavy atom. The summed E-state index contributed by atoms with van der Waals surface area (Å²) in [6.07, 6.45) is 0. The van der Waals surface area contributed by atoms with Gasteiger partial charge in [-0.2, -0.15) is 15.0 Å². The molecule has 0 unspecified atom stereocenters. The quantitative estimate of drug-likeness (QED) is 0.619.